The molecular weight excluding hydrogens is 202 g/mol. The van der Waals surface area contributed by atoms with Crippen molar-refractivity contribution in [2.24, 2.45) is 0 Å². The molecule has 0 saturated carbocycles. The maximum absolute atomic E-state index is 9.73. The third kappa shape index (κ3) is 4.14. The smallest absolute Gasteiger partial charge is 0.826 e. The molecule has 48 valence electrons. The summed E-state index contributed by atoms with van der Waals surface area (Å²) in [5.74, 6) is 0. The molecule has 1 saturated heterocycles. The van der Waals surface area contributed by atoms with Gasteiger partial charge in [-0.2, -0.15) is 8.42 Å². The molecule has 0 aromatic heterocycles. The van der Waals surface area contributed by atoms with Gasteiger partial charge in [0.1, 0.15) is 0 Å². The molecule has 6 nitrogen and oxygen atoms in total. The molecule has 10 heteroatoms. The van der Waals surface area contributed by atoms with E-state index in [0.717, 1.165) is 0 Å². The Hall–Kier alpha value is 2.01. The van der Waals surface area contributed by atoms with Crippen molar-refractivity contribution in [3.63, 3.8) is 0 Å². The van der Waals surface area contributed by atoms with Crippen LogP contribution in [0.25, 0.3) is 0 Å². The van der Waals surface area contributed by atoms with Gasteiger partial charge in [0.2, 0.25) is 9.05 Å². The second kappa shape index (κ2) is 4.30. The molecule has 0 aromatic carbocycles. The summed E-state index contributed by atoms with van der Waals surface area (Å²) in [5.41, 5.74) is 0. The van der Waals surface area contributed by atoms with E-state index >= 15 is 0 Å². The van der Waals surface area contributed by atoms with Gasteiger partial charge in [0, 0.05) is 0 Å². The van der Waals surface area contributed by atoms with Gasteiger partial charge in [-0.15, -0.1) is 0 Å². The average molecular weight is 202 g/mol. The molecule has 0 radical (unpaired) electrons. The first-order valence-corrected chi connectivity index (χ1v) is 4.45. The van der Waals surface area contributed by atoms with Crippen LogP contribution in [-0.2, 0) is 18.1 Å². The predicted molar refractivity (Wildman–Crippen MR) is 16.8 cm³/mol. The van der Waals surface area contributed by atoms with Gasteiger partial charge >= 0.3 is 69.5 Å². The summed E-state index contributed by atoms with van der Waals surface area (Å²) in [6, 6.07) is 0. The van der Waals surface area contributed by atoms with Crippen molar-refractivity contribution >= 4 is 19.4 Å². The molecule has 0 aromatic rings. The van der Waals surface area contributed by atoms with Gasteiger partial charge in [-0.1, -0.05) is 0 Å². The first kappa shape index (κ1) is 14.5. The maximum Gasteiger partial charge on any atom is 1.00 e. The molecular formula is Na2O6SSi. The summed E-state index contributed by atoms with van der Waals surface area (Å²) in [7, 11) is -8.83. The van der Waals surface area contributed by atoms with Crippen LogP contribution in [0.4, 0.5) is 0 Å². The molecule has 0 spiro atoms. The van der Waals surface area contributed by atoms with Crippen molar-refractivity contribution in [1.29, 1.82) is 0 Å². The van der Waals surface area contributed by atoms with Crippen LogP contribution in [0.2, 0.25) is 0 Å². The molecule has 1 rings (SSSR count). The minimum absolute atomic E-state index is 0. The van der Waals surface area contributed by atoms with Crippen molar-refractivity contribution in [3.05, 3.63) is 0 Å². The zero-order valence-corrected chi connectivity index (χ0v) is 11.2. The van der Waals surface area contributed by atoms with Crippen LogP contribution in [0, 0.1) is 0 Å². The van der Waals surface area contributed by atoms with E-state index < -0.39 is 19.4 Å². The van der Waals surface area contributed by atoms with Crippen molar-refractivity contribution in [1.82, 2.24) is 0 Å². The molecule has 1 aliphatic rings. The molecule has 0 N–H and O–H groups in total. The molecule has 0 bridgehead atoms. The van der Waals surface area contributed by atoms with Crippen molar-refractivity contribution in [3.8, 4) is 0 Å². The fourth-order valence-corrected chi connectivity index (χ4v) is 2.31. The van der Waals surface area contributed by atoms with Gasteiger partial charge in [0.25, 0.3) is 0 Å². The monoisotopic (exact) mass is 202 g/mol. The fourth-order valence-electron chi connectivity index (χ4n) is 0.256. The Labute approximate surface area is 103 Å². The van der Waals surface area contributed by atoms with Crippen LogP contribution in [0.1, 0.15) is 0 Å². The van der Waals surface area contributed by atoms with E-state index in [9.17, 15) is 18.0 Å². The summed E-state index contributed by atoms with van der Waals surface area (Å²) in [6.45, 7) is 0. The van der Waals surface area contributed by atoms with Crippen molar-refractivity contribution < 1.29 is 84.9 Å². The Morgan fingerprint density at radius 1 is 1.10 bits per heavy atom. The standard InChI is InChI=1S/2Na.O6SSi/c;;1-7(2)5-8(3,4)6-7/q2*+1;-2. The minimum Gasteiger partial charge on any atom is -0.826 e. The second-order valence-electron chi connectivity index (χ2n) is 1.07. The molecule has 0 aliphatic carbocycles. The van der Waals surface area contributed by atoms with Crippen molar-refractivity contribution in [2.75, 3.05) is 0 Å². The first-order chi connectivity index (χ1) is 3.41. The van der Waals surface area contributed by atoms with E-state index in [1.165, 1.54) is 0 Å². The summed E-state index contributed by atoms with van der Waals surface area (Å²) in [5, 5.41) is 0. The number of hydrogen-bond acceptors (Lipinski definition) is 6. The van der Waals surface area contributed by atoms with E-state index in [4.69, 9.17) is 0 Å². The van der Waals surface area contributed by atoms with Crippen LogP contribution in [0.3, 0.4) is 0 Å². The number of hydrogen-bond donors (Lipinski definition) is 0. The first-order valence-electron chi connectivity index (χ1n) is 1.48. The molecule has 0 atom stereocenters. The van der Waals surface area contributed by atoms with Crippen LogP contribution in [-0.4, -0.2) is 17.5 Å². The van der Waals surface area contributed by atoms with Gasteiger partial charge in [0.15, 0.2) is 0 Å². The van der Waals surface area contributed by atoms with Gasteiger partial charge in [-0.05, 0) is 0 Å². The normalized spacial score (nSPS) is 25.0. The van der Waals surface area contributed by atoms with Gasteiger partial charge in [0.05, 0.1) is 0 Å². The molecule has 10 heavy (non-hydrogen) atoms. The summed E-state index contributed by atoms with van der Waals surface area (Å²) >= 11 is 0. The van der Waals surface area contributed by atoms with Gasteiger partial charge in [-0.25, -0.2) is 0 Å². The number of rotatable bonds is 0. The van der Waals surface area contributed by atoms with E-state index in [1.807, 2.05) is 0 Å². The average Bonchev–Trinajstić information content (AvgIpc) is 1.20. The van der Waals surface area contributed by atoms with Crippen LogP contribution >= 0.6 is 0 Å². The molecule has 0 amide bonds. The Kier molecular flexibility index (Phi) is 6.25. The Bertz CT molecular complexity index is 180. The zero-order valence-electron chi connectivity index (χ0n) is 5.36. The Morgan fingerprint density at radius 2 is 1.40 bits per heavy atom. The van der Waals surface area contributed by atoms with Gasteiger partial charge < -0.3 is 9.59 Å². The largest absolute Gasteiger partial charge is 1.00 e. The van der Waals surface area contributed by atoms with E-state index in [1.54, 1.807) is 0 Å². The van der Waals surface area contributed by atoms with E-state index in [-0.39, 0.29) is 59.1 Å². The fraction of sp³-hybridized carbons (Fsp3) is 0. The summed E-state index contributed by atoms with van der Waals surface area (Å²) in [6.07, 6.45) is 0. The Morgan fingerprint density at radius 3 is 1.40 bits per heavy atom. The second-order valence-corrected chi connectivity index (χ2v) is 4.22. The predicted octanol–water partition coefficient (Wildman–Crippen LogP) is -9.56. The quantitative estimate of drug-likeness (QED) is 0.362. The maximum atomic E-state index is 9.73. The molecule has 0 unspecified atom stereocenters. The molecule has 1 heterocycles. The third-order valence-electron chi connectivity index (χ3n) is 0.408. The molecule has 1 fully saturated rings. The SMILES string of the molecule is O=S1(=O)O[Si]([O-])([O-])O1.[Na+].[Na+]. The van der Waals surface area contributed by atoms with Gasteiger partial charge in [-0.3, -0.25) is 7.74 Å². The zero-order chi connectivity index (χ0) is 6.41. The van der Waals surface area contributed by atoms with Crippen molar-refractivity contribution in [2.45, 2.75) is 0 Å². The van der Waals surface area contributed by atoms with Crippen LogP contribution in [0.5, 0.6) is 0 Å². The topological polar surface area (TPSA) is 98.7 Å². The van der Waals surface area contributed by atoms with E-state index in [0.29, 0.717) is 0 Å². The third-order valence-corrected chi connectivity index (χ3v) is 3.67. The Balaban J connectivity index is 0. The van der Waals surface area contributed by atoms with E-state index in [2.05, 4.69) is 7.74 Å². The summed E-state index contributed by atoms with van der Waals surface area (Å²) < 4.78 is 26.0. The van der Waals surface area contributed by atoms with Crippen LogP contribution in [0.15, 0.2) is 0 Å². The summed E-state index contributed by atoms with van der Waals surface area (Å²) in [4.78, 5) is 19.5. The minimum atomic E-state index is -4.67. The molecule has 1 aliphatic heterocycles. The van der Waals surface area contributed by atoms with Crippen LogP contribution < -0.4 is 68.7 Å².